The standard InChI is InChI=1S/C12H19ClN4/c1-8-12(13)11(16(2)15-8)7-17-5-9-3-14-4-10(9)6-17/h9-10,14H,3-7H2,1-2H3. The summed E-state index contributed by atoms with van der Waals surface area (Å²) in [4.78, 5) is 2.51. The number of nitrogens with one attached hydrogen (secondary N) is 1. The Labute approximate surface area is 107 Å². The van der Waals surface area contributed by atoms with Gasteiger partial charge in [-0.15, -0.1) is 0 Å². The molecule has 1 N–H and O–H groups in total. The van der Waals surface area contributed by atoms with E-state index in [1.165, 1.54) is 26.2 Å². The number of hydrogen-bond donors (Lipinski definition) is 1. The van der Waals surface area contributed by atoms with Crippen LogP contribution in [0.4, 0.5) is 0 Å². The Morgan fingerprint density at radius 3 is 2.53 bits per heavy atom. The van der Waals surface area contributed by atoms with Gasteiger partial charge < -0.3 is 5.32 Å². The number of rotatable bonds is 2. The first-order valence-electron chi connectivity index (χ1n) is 6.26. The quantitative estimate of drug-likeness (QED) is 0.856. The maximum atomic E-state index is 6.29. The van der Waals surface area contributed by atoms with E-state index in [0.717, 1.165) is 34.8 Å². The fraction of sp³-hybridized carbons (Fsp3) is 0.750. The average molecular weight is 255 g/mol. The first-order chi connectivity index (χ1) is 8.15. The molecule has 2 fully saturated rings. The Bertz CT molecular complexity index is 416. The van der Waals surface area contributed by atoms with Gasteiger partial charge in [0, 0.05) is 26.7 Å². The lowest BCUT2D eigenvalue weighted by atomic mass is 10.0. The van der Waals surface area contributed by atoms with Crippen molar-refractivity contribution >= 4 is 11.6 Å². The van der Waals surface area contributed by atoms with Gasteiger partial charge in [0.05, 0.1) is 16.4 Å². The third-order valence-corrected chi connectivity index (χ3v) is 4.59. The minimum absolute atomic E-state index is 0.836. The van der Waals surface area contributed by atoms with Crippen molar-refractivity contribution in [1.82, 2.24) is 20.0 Å². The van der Waals surface area contributed by atoms with Gasteiger partial charge in [-0.1, -0.05) is 11.6 Å². The average Bonchev–Trinajstić information content (AvgIpc) is 2.89. The lowest BCUT2D eigenvalue weighted by molar-refractivity contribution is 0.297. The maximum absolute atomic E-state index is 6.29. The second-order valence-electron chi connectivity index (χ2n) is 5.34. The maximum Gasteiger partial charge on any atom is 0.0860 e. The molecule has 0 aromatic carbocycles. The molecule has 3 heterocycles. The van der Waals surface area contributed by atoms with E-state index in [1.807, 2.05) is 18.7 Å². The number of aryl methyl sites for hydroxylation is 2. The van der Waals surface area contributed by atoms with Crippen molar-refractivity contribution in [1.29, 1.82) is 0 Å². The van der Waals surface area contributed by atoms with Gasteiger partial charge >= 0.3 is 0 Å². The van der Waals surface area contributed by atoms with Gasteiger partial charge in [0.2, 0.25) is 0 Å². The first-order valence-corrected chi connectivity index (χ1v) is 6.64. The molecule has 3 rings (SSSR count). The van der Waals surface area contributed by atoms with Gasteiger partial charge in [-0.25, -0.2) is 0 Å². The summed E-state index contributed by atoms with van der Waals surface area (Å²) in [5, 5.41) is 8.67. The van der Waals surface area contributed by atoms with Crippen LogP contribution in [0.5, 0.6) is 0 Å². The molecule has 0 bridgehead atoms. The van der Waals surface area contributed by atoms with Crippen LogP contribution in [0.25, 0.3) is 0 Å². The van der Waals surface area contributed by atoms with E-state index in [2.05, 4.69) is 15.3 Å². The zero-order chi connectivity index (χ0) is 12.0. The summed E-state index contributed by atoms with van der Waals surface area (Å²) >= 11 is 6.29. The minimum atomic E-state index is 0.836. The van der Waals surface area contributed by atoms with Crippen LogP contribution in [0.2, 0.25) is 5.02 Å². The molecule has 0 saturated carbocycles. The lowest BCUT2D eigenvalue weighted by Gasteiger charge is -2.17. The number of aromatic nitrogens is 2. The third-order valence-electron chi connectivity index (χ3n) is 4.10. The van der Waals surface area contributed by atoms with E-state index in [-0.39, 0.29) is 0 Å². The van der Waals surface area contributed by atoms with E-state index >= 15 is 0 Å². The molecule has 2 unspecified atom stereocenters. The van der Waals surface area contributed by atoms with Crippen LogP contribution in [0.1, 0.15) is 11.4 Å². The molecule has 2 aliphatic rings. The van der Waals surface area contributed by atoms with Gasteiger partial charge in [-0.2, -0.15) is 5.10 Å². The topological polar surface area (TPSA) is 33.1 Å². The SMILES string of the molecule is Cc1nn(C)c(CN2CC3CNCC3C2)c1Cl. The summed E-state index contributed by atoms with van der Waals surface area (Å²) in [5.74, 6) is 1.67. The number of hydrogen-bond acceptors (Lipinski definition) is 3. The summed E-state index contributed by atoms with van der Waals surface area (Å²) < 4.78 is 1.92. The molecular formula is C12H19ClN4. The first kappa shape index (κ1) is 11.5. The molecule has 17 heavy (non-hydrogen) atoms. The number of halogens is 1. The van der Waals surface area contributed by atoms with Crippen molar-refractivity contribution in [3.63, 3.8) is 0 Å². The smallest absolute Gasteiger partial charge is 0.0860 e. The highest BCUT2D eigenvalue weighted by molar-refractivity contribution is 6.31. The molecule has 2 saturated heterocycles. The molecule has 0 amide bonds. The Balaban J connectivity index is 1.71. The fourth-order valence-electron chi connectivity index (χ4n) is 3.15. The number of likely N-dealkylation sites (tertiary alicyclic amines) is 1. The van der Waals surface area contributed by atoms with Gasteiger partial charge in [-0.3, -0.25) is 9.58 Å². The van der Waals surface area contributed by atoms with Crippen LogP contribution < -0.4 is 5.32 Å². The molecule has 4 nitrogen and oxygen atoms in total. The highest BCUT2D eigenvalue weighted by atomic mass is 35.5. The Hall–Kier alpha value is -0.580. The van der Waals surface area contributed by atoms with Crippen LogP contribution in [0.3, 0.4) is 0 Å². The van der Waals surface area contributed by atoms with E-state index in [4.69, 9.17) is 11.6 Å². The Kier molecular flexibility index (Phi) is 2.89. The van der Waals surface area contributed by atoms with Gasteiger partial charge in [0.25, 0.3) is 0 Å². The second kappa shape index (κ2) is 4.26. The van der Waals surface area contributed by atoms with Crippen molar-refractivity contribution in [2.75, 3.05) is 26.2 Å². The van der Waals surface area contributed by atoms with E-state index in [1.54, 1.807) is 0 Å². The van der Waals surface area contributed by atoms with Crippen molar-refractivity contribution in [2.24, 2.45) is 18.9 Å². The molecule has 5 heteroatoms. The Morgan fingerprint density at radius 2 is 2.00 bits per heavy atom. The van der Waals surface area contributed by atoms with E-state index < -0.39 is 0 Å². The molecular weight excluding hydrogens is 236 g/mol. The van der Waals surface area contributed by atoms with Crippen molar-refractivity contribution < 1.29 is 0 Å². The van der Waals surface area contributed by atoms with Crippen molar-refractivity contribution in [3.8, 4) is 0 Å². The molecule has 0 radical (unpaired) electrons. The molecule has 94 valence electrons. The highest BCUT2D eigenvalue weighted by Gasteiger charge is 2.36. The van der Waals surface area contributed by atoms with Crippen LogP contribution in [-0.4, -0.2) is 40.9 Å². The van der Waals surface area contributed by atoms with Crippen LogP contribution in [-0.2, 0) is 13.6 Å². The molecule has 1 aromatic rings. The number of fused-ring (bicyclic) bond motifs is 1. The summed E-state index contributed by atoms with van der Waals surface area (Å²) in [6, 6.07) is 0. The minimum Gasteiger partial charge on any atom is -0.316 e. The largest absolute Gasteiger partial charge is 0.316 e. The zero-order valence-electron chi connectivity index (χ0n) is 10.4. The van der Waals surface area contributed by atoms with Crippen LogP contribution in [0, 0.1) is 18.8 Å². The van der Waals surface area contributed by atoms with Crippen molar-refractivity contribution in [3.05, 3.63) is 16.4 Å². The predicted molar refractivity (Wildman–Crippen MR) is 68.1 cm³/mol. The van der Waals surface area contributed by atoms with E-state index in [0.29, 0.717) is 0 Å². The van der Waals surface area contributed by atoms with E-state index in [9.17, 15) is 0 Å². The van der Waals surface area contributed by atoms with Gasteiger partial charge in [0.15, 0.2) is 0 Å². The molecule has 0 spiro atoms. The second-order valence-corrected chi connectivity index (χ2v) is 5.72. The monoisotopic (exact) mass is 254 g/mol. The molecule has 2 aliphatic heterocycles. The summed E-state index contributed by atoms with van der Waals surface area (Å²) in [6.07, 6.45) is 0. The predicted octanol–water partition coefficient (Wildman–Crippen LogP) is 1.03. The zero-order valence-corrected chi connectivity index (χ0v) is 11.2. The summed E-state index contributed by atoms with van der Waals surface area (Å²) in [6.45, 7) is 7.65. The normalized spacial score (nSPS) is 28.9. The van der Waals surface area contributed by atoms with Gasteiger partial charge in [0.1, 0.15) is 0 Å². The lowest BCUT2D eigenvalue weighted by Crippen LogP contribution is -2.26. The van der Waals surface area contributed by atoms with Gasteiger partial charge in [-0.05, 0) is 31.8 Å². The summed E-state index contributed by atoms with van der Waals surface area (Å²) in [7, 11) is 1.98. The van der Waals surface area contributed by atoms with Crippen molar-refractivity contribution in [2.45, 2.75) is 13.5 Å². The highest BCUT2D eigenvalue weighted by Crippen LogP contribution is 2.29. The Morgan fingerprint density at radius 1 is 1.35 bits per heavy atom. The third kappa shape index (κ3) is 1.98. The molecule has 2 atom stereocenters. The fourth-order valence-corrected chi connectivity index (χ4v) is 3.37. The summed E-state index contributed by atoms with van der Waals surface area (Å²) in [5.41, 5.74) is 2.09. The molecule has 1 aromatic heterocycles. The van der Waals surface area contributed by atoms with Crippen LogP contribution >= 0.6 is 11.6 Å². The van der Waals surface area contributed by atoms with Crippen LogP contribution in [0.15, 0.2) is 0 Å². The number of nitrogens with zero attached hydrogens (tertiary/aromatic N) is 3. The molecule has 0 aliphatic carbocycles.